The van der Waals surface area contributed by atoms with Gasteiger partial charge in [-0.25, -0.2) is 0 Å². The Kier molecular flexibility index (Phi) is 9.09. The Bertz CT molecular complexity index is 1580. The lowest BCUT2D eigenvalue weighted by atomic mass is 9.79. The van der Waals surface area contributed by atoms with Gasteiger partial charge in [-0.15, -0.1) is 0 Å². The van der Waals surface area contributed by atoms with Gasteiger partial charge in [0.2, 0.25) is 5.69 Å². The van der Waals surface area contributed by atoms with Crippen LogP contribution in [0.1, 0.15) is 64.2 Å². The third-order valence-corrected chi connectivity index (χ3v) is 9.39. The molecule has 2 heterocycles. The molecule has 0 saturated carbocycles. The van der Waals surface area contributed by atoms with Crippen LogP contribution in [-0.4, -0.2) is 29.1 Å². The van der Waals surface area contributed by atoms with E-state index in [0.29, 0.717) is 5.75 Å². The van der Waals surface area contributed by atoms with Crippen molar-refractivity contribution in [3.63, 3.8) is 0 Å². The maximum absolute atomic E-state index is 10.1. The fraction of sp³-hybridized carbons (Fsp3) is 0.361. The number of nitrogens with zero attached hydrogens (tertiary/aromatic N) is 2. The van der Waals surface area contributed by atoms with E-state index in [1.165, 1.54) is 50.2 Å². The zero-order valence-electron chi connectivity index (χ0n) is 25.6. The molecule has 0 amide bonds. The summed E-state index contributed by atoms with van der Waals surface area (Å²) in [5, 5.41) is 16.2. The Morgan fingerprint density at radius 1 is 0.952 bits per heavy atom. The van der Waals surface area contributed by atoms with E-state index >= 15 is 0 Å². The van der Waals surface area contributed by atoms with Crippen LogP contribution >= 0.6 is 12.0 Å². The van der Waals surface area contributed by atoms with Crippen molar-refractivity contribution in [3.8, 4) is 0 Å². The van der Waals surface area contributed by atoms with Crippen LogP contribution < -0.4 is 10.2 Å². The SMILES string of the molecule is CCN1/C(=C/C=C/C=C/C2=[N+](CCCCSOO[O-])c3ccc4ccccc4c3C2(C)C)C(C)(C)c2cc(C)ccc21. The Balaban J connectivity index is 1.43. The topological polar surface area (TPSA) is 47.8 Å². The van der Waals surface area contributed by atoms with Crippen LogP contribution in [0.3, 0.4) is 0 Å². The van der Waals surface area contributed by atoms with Crippen molar-refractivity contribution in [2.24, 2.45) is 0 Å². The van der Waals surface area contributed by atoms with Gasteiger partial charge in [-0.3, -0.25) is 5.04 Å². The van der Waals surface area contributed by atoms with E-state index in [1.54, 1.807) is 0 Å². The van der Waals surface area contributed by atoms with Crippen molar-refractivity contribution in [1.29, 1.82) is 0 Å². The highest BCUT2D eigenvalue weighted by Crippen LogP contribution is 2.48. The van der Waals surface area contributed by atoms with Crippen molar-refractivity contribution in [2.75, 3.05) is 23.7 Å². The van der Waals surface area contributed by atoms with Gasteiger partial charge in [0.05, 0.1) is 5.41 Å². The number of allylic oxidation sites excluding steroid dienone is 6. The van der Waals surface area contributed by atoms with Crippen LogP contribution in [0.15, 0.2) is 90.7 Å². The van der Waals surface area contributed by atoms with E-state index in [-0.39, 0.29) is 10.8 Å². The average molecular weight is 583 g/mol. The van der Waals surface area contributed by atoms with Gasteiger partial charge in [-0.1, -0.05) is 74.0 Å². The maximum atomic E-state index is 10.1. The second-order valence-electron chi connectivity index (χ2n) is 12.2. The molecule has 0 spiro atoms. The van der Waals surface area contributed by atoms with Gasteiger partial charge in [-0.05, 0) is 68.7 Å². The molecule has 0 saturated heterocycles. The molecule has 0 bridgehead atoms. The third-order valence-electron chi connectivity index (χ3n) is 8.78. The predicted molar refractivity (Wildman–Crippen MR) is 174 cm³/mol. The fourth-order valence-electron chi connectivity index (χ4n) is 6.75. The van der Waals surface area contributed by atoms with Gasteiger partial charge in [0.15, 0.2) is 5.71 Å². The first-order valence-corrected chi connectivity index (χ1v) is 15.8. The summed E-state index contributed by atoms with van der Waals surface area (Å²) in [6.45, 7) is 15.5. The highest BCUT2D eigenvalue weighted by atomic mass is 32.2. The van der Waals surface area contributed by atoms with Crippen LogP contribution in [0.4, 0.5) is 11.4 Å². The van der Waals surface area contributed by atoms with Crippen LogP contribution in [-0.2, 0) is 20.2 Å². The molecule has 6 heteroatoms. The lowest BCUT2D eigenvalue weighted by Gasteiger charge is -2.25. The molecule has 0 unspecified atom stereocenters. The minimum atomic E-state index is -0.154. The molecule has 2 aliphatic heterocycles. The number of hydrogen-bond acceptors (Lipinski definition) is 5. The van der Waals surface area contributed by atoms with E-state index in [4.69, 9.17) is 0 Å². The molecule has 2 aliphatic rings. The molecule has 0 aromatic heterocycles. The second kappa shape index (κ2) is 12.6. The quantitative estimate of drug-likeness (QED) is 0.0573. The van der Waals surface area contributed by atoms with Gasteiger partial charge in [-0.2, -0.15) is 8.91 Å². The number of benzene rings is 3. The van der Waals surface area contributed by atoms with E-state index in [9.17, 15) is 5.26 Å². The summed E-state index contributed by atoms with van der Waals surface area (Å²) in [5.41, 5.74) is 9.09. The average Bonchev–Trinajstić information content (AvgIpc) is 3.32. The first-order valence-electron chi connectivity index (χ1n) is 14.9. The van der Waals surface area contributed by atoms with Crippen molar-refractivity contribution in [3.05, 3.63) is 107 Å². The van der Waals surface area contributed by atoms with Crippen LogP contribution in [0.5, 0.6) is 0 Å². The Labute approximate surface area is 254 Å². The summed E-state index contributed by atoms with van der Waals surface area (Å²) in [5.74, 6) is 0.710. The Hall–Kier alpha value is -3.16. The van der Waals surface area contributed by atoms with Crippen molar-refractivity contribution in [1.82, 2.24) is 0 Å². The number of aryl methyl sites for hydroxylation is 1. The second-order valence-corrected chi connectivity index (χ2v) is 13.0. The number of unbranched alkanes of at least 4 members (excludes halogenated alkanes) is 1. The molecule has 5 rings (SSSR count). The fourth-order valence-corrected chi connectivity index (χ4v) is 7.18. The molecule has 0 N–H and O–H groups in total. The number of rotatable bonds is 11. The zero-order chi connectivity index (χ0) is 29.9. The molecule has 0 fully saturated rings. The molecule has 0 atom stereocenters. The molecule has 0 radical (unpaired) electrons. The summed E-state index contributed by atoms with van der Waals surface area (Å²) in [6.07, 6.45) is 13.0. The summed E-state index contributed by atoms with van der Waals surface area (Å²) >= 11 is 1.06. The molecule has 3 aromatic carbocycles. The molecule has 3 aromatic rings. The molecule has 5 nitrogen and oxygen atoms in total. The predicted octanol–water partition coefficient (Wildman–Crippen LogP) is 7.99. The molecule has 220 valence electrons. The van der Waals surface area contributed by atoms with Crippen molar-refractivity contribution < 1.29 is 19.2 Å². The Morgan fingerprint density at radius 2 is 1.76 bits per heavy atom. The molecule has 42 heavy (non-hydrogen) atoms. The first-order chi connectivity index (χ1) is 20.2. The number of fused-ring (bicyclic) bond motifs is 4. The Morgan fingerprint density at radius 3 is 2.55 bits per heavy atom. The first kappa shape index (κ1) is 30.3. The summed E-state index contributed by atoms with van der Waals surface area (Å²) < 4.78 is 6.91. The largest absolute Gasteiger partial charge is 0.691 e. The minimum absolute atomic E-state index is 0.0454. The number of likely N-dealkylation sites (N-methyl/N-ethyl adjacent to an activating group) is 1. The molecule has 0 aliphatic carbocycles. The number of anilines is 1. The minimum Gasteiger partial charge on any atom is -0.691 e. The molecular formula is C36H42N2O3S. The lowest BCUT2D eigenvalue weighted by Crippen LogP contribution is -2.28. The number of hydrogen-bond donors (Lipinski definition) is 0. The van der Waals surface area contributed by atoms with Crippen molar-refractivity contribution in [2.45, 2.75) is 65.2 Å². The van der Waals surface area contributed by atoms with E-state index in [2.05, 4.69) is 145 Å². The van der Waals surface area contributed by atoms with Gasteiger partial charge in [0.25, 0.3) is 0 Å². The summed E-state index contributed by atoms with van der Waals surface area (Å²) in [6, 6.07) is 20.0. The summed E-state index contributed by atoms with van der Waals surface area (Å²) in [7, 11) is 0. The monoisotopic (exact) mass is 582 g/mol. The van der Waals surface area contributed by atoms with Gasteiger partial charge in [0, 0.05) is 65.3 Å². The van der Waals surface area contributed by atoms with Gasteiger partial charge in [0.1, 0.15) is 6.54 Å². The lowest BCUT2D eigenvalue weighted by molar-refractivity contribution is -0.777. The van der Waals surface area contributed by atoms with E-state index in [1.807, 2.05) is 0 Å². The van der Waals surface area contributed by atoms with Crippen LogP contribution in [0.25, 0.3) is 10.8 Å². The van der Waals surface area contributed by atoms with Gasteiger partial charge < -0.3 is 10.2 Å². The maximum Gasteiger partial charge on any atom is 0.210 e. The van der Waals surface area contributed by atoms with E-state index in [0.717, 1.165) is 38.0 Å². The summed E-state index contributed by atoms with van der Waals surface area (Å²) in [4.78, 5) is 2.44. The zero-order valence-corrected chi connectivity index (χ0v) is 26.5. The standard InChI is InChI=1S/C36H42N2O3S/c1-7-37-30-21-19-26(2)25-29(30)35(3,4)32(37)17-9-8-10-18-33-36(5,6)34-28-16-12-11-15-27(28)20-22-31(34)38(33)23-13-14-24-42-41-40-39/h8-12,15-22,25H,7,13-14,23-24H2,1-6H3. The highest BCUT2D eigenvalue weighted by molar-refractivity contribution is 7.94. The van der Waals surface area contributed by atoms with Crippen LogP contribution in [0, 0.1) is 6.92 Å². The normalized spacial score (nSPS) is 18.3. The van der Waals surface area contributed by atoms with Crippen molar-refractivity contribution >= 4 is 39.9 Å². The van der Waals surface area contributed by atoms with E-state index < -0.39 is 0 Å². The van der Waals surface area contributed by atoms with Crippen LogP contribution in [0.2, 0.25) is 0 Å². The van der Waals surface area contributed by atoms with Gasteiger partial charge >= 0.3 is 0 Å². The molecular weight excluding hydrogens is 540 g/mol. The third kappa shape index (κ3) is 5.61. The smallest absolute Gasteiger partial charge is 0.210 e. The highest BCUT2D eigenvalue weighted by Gasteiger charge is 2.45.